The first kappa shape index (κ1) is 13.2. The van der Waals surface area contributed by atoms with E-state index in [4.69, 9.17) is 0 Å². The zero-order valence-electron chi connectivity index (χ0n) is 12.4. The van der Waals surface area contributed by atoms with Crippen molar-refractivity contribution >= 4 is 0 Å². The lowest BCUT2D eigenvalue weighted by molar-refractivity contribution is 0.249. The Morgan fingerprint density at radius 3 is 2.79 bits per heavy atom. The van der Waals surface area contributed by atoms with E-state index in [-0.39, 0.29) is 0 Å². The normalized spacial score (nSPS) is 32.5. The maximum Gasteiger partial charge on any atom is 0.0521 e. The van der Waals surface area contributed by atoms with E-state index in [0.717, 1.165) is 24.9 Å². The molecule has 0 spiro atoms. The van der Waals surface area contributed by atoms with Crippen LogP contribution in [0, 0.1) is 17.3 Å². The summed E-state index contributed by atoms with van der Waals surface area (Å²) in [6.45, 7) is 7.74. The molecule has 1 aromatic heterocycles. The van der Waals surface area contributed by atoms with Crippen molar-refractivity contribution < 1.29 is 0 Å². The average Bonchev–Trinajstić information content (AvgIpc) is 2.85. The molecular weight excluding hydrogens is 234 g/mol. The van der Waals surface area contributed by atoms with Gasteiger partial charge in [0.05, 0.1) is 6.20 Å². The Hall–Kier alpha value is -0.830. The minimum absolute atomic E-state index is 0.518. The first-order valence-electron chi connectivity index (χ1n) is 7.97. The third kappa shape index (κ3) is 2.86. The van der Waals surface area contributed by atoms with Gasteiger partial charge in [-0.2, -0.15) is 5.10 Å². The molecule has 0 aliphatic heterocycles. The van der Waals surface area contributed by atoms with Gasteiger partial charge in [0.1, 0.15) is 0 Å². The van der Waals surface area contributed by atoms with Gasteiger partial charge >= 0.3 is 0 Å². The lowest BCUT2D eigenvalue weighted by Crippen LogP contribution is -2.35. The van der Waals surface area contributed by atoms with E-state index in [2.05, 4.69) is 41.3 Å². The van der Waals surface area contributed by atoms with Gasteiger partial charge in [0, 0.05) is 19.3 Å². The van der Waals surface area contributed by atoms with Crippen molar-refractivity contribution in [3.8, 4) is 0 Å². The molecule has 0 bridgehead atoms. The molecule has 106 valence electrons. The summed E-state index contributed by atoms with van der Waals surface area (Å²) in [5.41, 5.74) is 1.95. The maximum atomic E-state index is 4.43. The maximum absolute atomic E-state index is 4.43. The van der Waals surface area contributed by atoms with Crippen molar-refractivity contribution in [2.45, 2.75) is 52.5 Å². The number of nitrogens with zero attached hydrogens (tertiary/aromatic N) is 2. The third-order valence-corrected chi connectivity index (χ3v) is 4.98. The number of fused-ring (bicyclic) bond motifs is 1. The van der Waals surface area contributed by atoms with Crippen LogP contribution in [0.1, 0.15) is 45.1 Å². The standard InChI is InChI=1S/C16H27N3/c1-3-5-17-12-16(8-14-6-15(14)9-16)7-13-10-18-19(4-2)11-13/h10-11,14-15,17H,3-9,12H2,1-2H3. The largest absolute Gasteiger partial charge is 0.316 e. The number of hydrogen-bond donors (Lipinski definition) is 1. The SMILES string of the molecule is CCCNCC1(Cc2cnn(CC)c2)CC2CC2C1. The molecule has 2 fully saturated rings. The summed E-state index contributed by atoms with van der Waals surface area (Å²) in [7, 11) is 0. The molecule has 19 heavy (non-hydrogen) atoms. The minimum atomic E-state index is 0.518. The van der Waals surface area contributed by atoms with Crippen LogP contribution in [0.3, 0.4) is 0 Å². The zero-order valence-corrected chi connectivity index (χ0v) is 12.4. The van der Waals surface area contributed by atoms with E-state index in [0.29, 0.717) is 5.41 Å². The van der Waals surface area contributed by atoms with Crippen molar-refractivity contribution in [1.82, 2.24) is 15.1 Å². The smallest absolute Gasteiger partial charge is 0.0521 e. The minimum Gasteiger partial charge on any atom is -0.316 e. The van der Waals surface area contributed by atoms with E-state index in [1.54, 1.807) is 0 Å². The predicted molar refractivity (Wildman–Crippen MR) is 78.0 cm³/mol. The van der Waals surface area contributed by atoms with Gasteiger partial charge in [0.2, 0.25) is 0 Å². The Morgan fingerprint density at radius 2 is 2.16 bits per heavy atom. The van der Waals surface area contributed by atoms with Gasteiger partial charge in [-0.05, 0) is 68.4 Å². The Balaban J connectivity index is 1.65. The molecular formula is C16H27N3. The second-order valence-corrected chi connectivity index (χ2v) is 6.72. The van der Waals surface area contributed by atoms with Gasteiger partial charge < -0.3 is 5.32 Å². The monoisotopic (exact) mass is 261 g/mol. The average molecular weight is 261 g/mol. The summed E-state index contributed by atoms with van der Waals surface area (Å²) in [6.07, 6.45) is 11.1. The highest BCUT2D eigenvalue weighted by Gasteiger charge is 2.53. The van der Waals surface area contributed by atoms with Crippen LogP contribution in [0.15, 0.2) is 12.4 Å². The van der Waals surface area contributed by atoms with Crippen molar-refractivity contribution in [1.29, 1.82) is 0 Å². The molecule has 3 nitrogen and oxygen atoms in total. The van der Waals surface area contributed by atoms with E-state index < -0.39 is 0 Å². The van der Waals surface area contributed by atoms with Gasteiger partial charge in [0.25, 0.3) is 0 Å². The molecule has 0 amide bonds. The zero-order chi connectivity index (χ0) is 13.3. The quantitative estimate of drug-likeness (QED) is 0.765. The molecule has 2 aliphatic carbocycles. The molecule has 0 saturated heterocycles. The van der Waals surface area contributed by atoms with E-state index in [1.165, 1.54) is 44.2 Å². The van der Waals surface area contributed by atoms with Crippen LogP contribution >= 0.6 is 0 Å². The van der Waals surface area contributed by atoms with Gasteiger partial charge in [-0.1, -0.05) is 6.92 Å². The van der Waals surface area contributed by atoms with Crippen LogP contribution in [0.2, 0.25) is 0 Å². The summed E-state index contributed by atoms with van der Waals surface area (Å²) in [4.78, 5) is 0. The van der Waals surface area contributed by atoms with E-state index in [9.17, 15) is 0 Å². The molecule has 1 N–H and O–H groups in total. The van der Waals surface area contributed by atoms with E-state index >= 15 is 0 Å². The molecule has 1 heterocycles. The summed E-state index contributed by atoms with van der Waals surface area (Å²) < 4.78 is 2.05. The van der Waals surface area contributed by atoms with Gasteiger partial charge in [-0.25, -0.2) is 0 Å². The van der Waals surface area contributed by atoms with Crippen molar-refractivity contribution in [3.63, 3.8) is 0 Å². The topological polar surface area (TPSA) is 29.9 Å². The fourth-order valence-electron chi connectivity index (χ4n) is 3.99. The van der Waals surface area contributed by atoms with Crippen LogP contribution in [-0.4, -0.2) is 22.9 Å². The predicted octanol–water partition coefficient (Wildman–Crippen LogP) is 2.86. The summed E-state index contributed by atoms with van der Waals surface area (Å²) >= 11 is 0. The fourth-order valence-corrected chi connectivity index (χ4v) is 3.99. The number of aryl methyl sites for hydroxylation is 1. The Labute approximate surface area is 116 Å². The summed E-state index contributed by atoms with van der Waals surface area (Å²) in [6, 6.07) is 0. The van der Waals surface area contributed by atoms with E-state index in [1.807, 2.05) is 0 Å². The molecule has 2 atom stereocenters. The highest BCUT2D eigenvalue weighted by atomic mass is 15.3. The molecule has 3 heteroatoms. The molecule has 2 saturated carbocycles. The Morgan fingerprint density at radius 1 is 1.37 bits per heavy atom. The highest BCUT2D eigenvalue weighted by molar-refractivity contribution is 5.13. The van der Waals surface area contributed by atoms with Crippen LogP contribution in [0.25, 0.3) is 0 Å². The van der Waals surface area contributed by atoms with Gasteiger partial charge in [-0.3, -0.25) is 4.68 Å². The lowest BCUT2D eigenvalue weighted by atomic mass is 9.78. The van der Waals surface area contributed by atoms with Crippen molar-refractivity contribution in [2.24, 2.45) is 17.3 Å². The lowest BCUT2D eigenvalue weighted by Gasteiger charge is -2.31. The third-order valence-electron chi connectivity index (χ3n) is 4.98. The van der Waals surface area contributed by atoms with Crippen LogP contribution in [0.4, 0.5) is 0 Å². The second kappa shape index (κ2) is 5.28. The first-order chi connectivity index (χ1) is 9.24. The first-order valence-corrected chi connectivity index (χ1v) is 7.97. The van der Waals surface area contributed by atoms with Crippen LogP contribution in [-0.2, 0) is 13.0 Å². The molecule has 3 rings (SSSR count). The summed E-state index contributed by atoms with van der Waals surface area (Å²) in [5.74, 6) is 2.09. The summed E-state index contributed by atoms with van der Waals surface area (Å²) in [5, 5.41) is 8.10. The Bertz CT molecular complexity index is 413. The molecule has 0 aromatic carbocycles. The van der Waals surface area contributed by atoms with Crippen LogP contribution < -0.4 is 5.32 Å². The second-order valence-electron chi connectivity index (χ2n) is 6.72. The number of hydrogen-bond acceptors (Lipinski definition) is 2. The molecule has 1 aromatic rings. The number of rotatable bonds is 7. The number of nitrogens with one attached hydrogen (secondary N) is 1. The van der Waals surface area contributed by atoms with Crippen molar-refractivity contribution in [3.05, 3.63) is 18.0 Å². The molecule has 2 aliphatic rings. The fraction of sp³-hybridized carbons (Fsp3) is 0.812. The van der Waals surface area contributed by atoms with Crippen LogP contribution in [0.5, 0.6) is 0 Å². The number of aromatic nitrogens is 2. The van der Waals surface area contributed by atoms with Crippen molar-refractivity contribution in [2.75, 3.05) is 13.1 Å². The highest BCUT2D eigenvalue weighted by Crippen LogP contribution is 2.60. The Kier molecular flexibility index (Phi) is 3.66. The van der Waals surface area contributed by atoms with Gasteiger partial charge in [0.15, 0.2) is 0 Å². The molecule has 0 radical (unpaired) electrons. The van der Waals surface area contributed by atoms with Gasteiger partial charge in [-0.15, -0.1) is 0 Å². The molecule has 2 unspecified atom stereocenters.